The van der Waals surface area contributed by atoms with Gasteiger partial charge >= 0.3 is 0 Å². The van der Waals surface area contributed by atoms with Crippen LogP contribution in [0.4, 0.5) is 0 Å². The number of rotatable bonds is 6. The Labute approximate surface area is 155 Å². The Morgan fingerprint density at radius 1 is 1.29 bits per heavy atom. The quantitative estimate of drug-likeness (QED) is 0.431. The summed E-state index contributed by atoms with van der Waals surface area (Å²) in [5.41, 5.74) is 0. The van der Waals surface area contributed by atoms with E-state index in [1.54, 1.807) is 14.0 Å². The fourth-order valence-electron chi connectivity index (χ4n) is 1.95. The molecule has 6 nitrogen and oxygen atoms in total. The first-order chi connectivity index (χ1) is 11.4. The van der Waals surface area contributed by atoms with Gasteiger partial charge in [-0.3, -0.25) is 4.99 Å². The zero-order valence-electron chi connectivity index (χ0n) is 14.3. The summed E-state index contributed by atoms with van der Waals surface area (Å²) in [4.78, 5) is 9.61. The Morgan fingerprint density at radius 3 is 2.58 bits per heavy atom. The number of thioether (sulfide) groups is 1. The highest BCUT2D eigenvalue weighted by molar-refractivity contribution is 9.10. The number of aliphatic imine (C=N–C) groups is 1. The van der Waals surface area contributed by atoms with Gasteiger partial charge in [0.2, 0.25) is 5.89 Å². The monoisotopic (exact) mass is 411 g/mol. The normalized spacial score (nSPS) is 12.3. The zero-order chi connectivity index (χ0) is 17.6. The number of hydrogen-bond acceptors (Lipinski definition) is 5. The summed E-state index contributed by atoms with van der Waals surface area (Å²) in [6.07, 6.45) is 0. The lowest BCUT2D eigenvalue weighted by Crippen LogP contribution is -2.43. The molecular formula is C16H22BrN5OS. The molecule has 24 heavy (non-hydrogen) atoms. The van der Waals surface area contributed by atoms with Crippen LogP contribution in [0.15, 0.2) is 43.1 Å². The van der Waals surface area contributed by atoms with Gasteiger partial charge in [0, 0.05) is 34.6 Å². The molecule has 130 valence electrons. The standard InChI is InChI=1S/C16H22BrN5OS/c1-11-21-14(22-23-11)9-19-15(18-4)20-10-16(2,3)24-13-7-5-12(17)6-8-13/h5-8H,9-10H2,1-4H3,(H2,18,19,20). The Hall–Kier alpha value is -1.54. The van der Waals surface area contributed by atoms with E-state index in [1.807, 2.05) is 11.8 Å². The molecular weight excluding hydrogens is 390 g/mol. The maximum absolute atomic E-state index is 4.95. The van der Waals surface area contributed by atoms with Gasteiger partial charge in [-0.25, -0.2) is 0 Å². The van der Waals surface area contributed by atoms with Crippen molar-refractivity contribution in [3.8, 4) is 0 Å². The molecule has 0 saturated heterocycles. The van der Waals surface area contributed by atoms with Gasteiger partial charge in [0.25, 0.3) is 0 Å². The molecule has 1 aromatic carbocycles. The van der Waals surface area contributed by atoms with Crippen molar-refractivity contribution in [2.24, 2.45) is 4.99 Å². The van der Waals surface area contributed by atoms with Crippen LogP contribution in [-0.4, -0.2) is 34.4 Å². The summed E-state index contributed by atoms with van der Waals surface area (Å²) >= 11 is 5.28. The topological polar surface area (TPSA) is 75.3 Å². The number of nitrogens with zero attached hydrogens (tertiary/aromatic N) is 3. The van der Waals surface area contributed by atoms with E-state index in [4.69, 9.17) is 4.52 Å². The number of hydrogen-bond donors (Lipinski definition) is 2. The second-order valence-corrected chi connectivity index (χ2v) is 8.52. The lowest BCUT2D eigenvalue weighted by molar-refractivity contribution is 0.386. The molecule has 0 bridgehead atoms. The van der Waals surface area contributed by atoms with Crippen molar-refractivity contribution in [2.75, 3.05) is 13.6 Å². The summed E-state index contributed by atoms with van der Waals surface area (Å²) in [5, 5.41) is 10.4. The van der Waals surface area contributed by atoms with Crippen molar-refractivity contribution >= 4 is 33.7 Å². The molecule has 1 aromatic heterocycles. The molecule has 2 aromatic rings. The Kier molecular flexibility index (Phi) is 6.68. The van der Waals surface area contributed by atoms with Crippen molar-refractivity contribution < 1.29 is 4.52 Å². The SMILES string of the molecule is CN=C(NCc1noc(C)n1)NCC(C)(C)Sc1ccc(Br)cc1. The lowest BCUT2D eigenvalue weighted by Gasteiger charge is -2.25. The van der Waals surface area contributed by atoms with Gasteiger partial charge in [-0.15, -0.1) is 11.8 Å². The number of guanidine groups is 1. The predicted molar refractivity (Wildman–Crippen MR) is 101 cm³/mol. The minimum Gasteiger partial charge on any atom is -0.355 e. The van der Waals surface area contributed by atoms with Crippen LogP contribution >= 0.6 is 27.7 Å². The van der Waals surface area contributed by atoms with E-state index in [1.165, 1.54) is 4.90 Å². The molecule has 0 radical (unpaired) electrons. The maximum Gasteiger partial charge on any atom is 0.223 e. The molecule has 2 rings (SSSR count). The summed E-state index contributed by atoms with van der Waals surface area (Å²) in [7, 11) is 1.74. The number of nitrogens with one attached hydrogen (secondary N) is 2. The van der Waals surface area contributed by atoms with Gasteiger partial charge in [0.15, 0.2) is 11.8 Å². The lowest BCUT2D eigenvalue weighted by atomic mass is 10.2. The van der Waals surface area contributed by atoms with Gasteiger partial charge in [-0.2, -0.15) is 4.98 Å². The van der Waals surface area contributed by atoms with Crippen molar-refractivity contribution in [3.05, 3.63) is 40.5 Å². The van der Waals surface area contributed by atoms with Gasteiger partial charge < -0.3 is 15.2 Å². The van der Waals surface area contributed by atoms with E-state index < -0.39 is 0 Å². The van der Waals surface area contributed by atoms with Crippen LogP contribution < -0.4 is 10.6 Å². The second-order valence-electron chi connectivity index (χ2n) is 5.82. The molecule has 0 spiro atoms. The van der Waals surface area contributed by atoms with Gasteiger partial charge in [0.05, 0.1) is 6.54 Å². The van der Waals surface area contributed by atoms with Gasteiger partial charge in [-0.1, -0.05) is 21.1 Å². The third-order valence-corrected chi connectivity index (χ3v) is 4.83. The molecule has 0 saturated carbocycles. The van der Waals surface area contributed by atoms with Crippen molar-refractivity contribution in [2.45, 2.75) is 37.0 Å². The van der Waals surface area contributed by atoms with Gasteiger partial charge in [0.1, 0.15) is 0 Å². The number of benzene rings is 1. The number of aromatic nitrogens is 2. The fraction of sp³-hybridized carbons (Fsp3) is 0.438. The Morgan fingerprint density at radius 2 is 2.00 bits per heavy atom. The molecule has 0 amide bonds. The molecule has 8 heteroatoms. The number of halogens is 1. The molecule has 0 fully saturated rings. The minimum atomic E-state index is 0.00811. The Balaban J connectivity index is 1.83. The van der Waals surface area contributed by atoms with Crippen LogP contribution in [0.3, 0.4) is 0 Å². The highest BCUT2D eigenvalue weighted by Crippen LogP contribution is 2.32. The van der Waals surface area contributed by atoms with Crippen LogP contribution in [0.1, 0.15) is 25.6 Å². The highest BCUT2D eigenvalue weighted by Gasteiger charge is 2.20. The van der Waals surface area contributed by atoms with E-state index in [2.05, 4.69) is 79.8 Å². The maximum atomic E-state index is 4.95. The van der Waals surface area contributed by atoms with E-state index >= 15 is 0 Å². The van der Waals surface area contributed by atoms with Crippen LogP contribution in [0.5, 0.6) is 0 Å². The highest BCUT2D eigenvalue weighted by atomic mass is 79.9. The molecule has 0 unspecified atom stereocenters. The predicted octanol–water partition coefficient (Wildman–Crippen LogP) is 3.38. The van der Waals surface area contributed by atoms with E-state index in [0.717, 1.165) is 11.0 Å². The molecule has 0 aliphatic heterocycles. The molecule has 2 N–H and O–H groups in total. The second kappa shape index (κ2) is 8.53. The first-order valence-corrected chi connectivity index (χ1v) is 9.17. The van der Waals surface area contributed by atoms with Crippen molar-refractivity contribution in [1.29, 1.82) is 0 Å². The Bertz CT molecular complexity index is 684. The molecule has 0 aliphatic carbocycles. The molecule has 1 heterocycles. The summed E-state index contributed by atoms with van der Waals surface area (Å²) < 4.78 is 6.05. The van der Waals surface area contributed by atoms with Crippen LogP contribution in [0, 0.1) is 6.92 Å². The van der Waals surface area contributed by atoms with E-state index in [9.17, 15) is 0 Å². The van der Waals surface area contributed by atoms with Crippen LogP contribution in [-0.2, 0) is 6.54 Å². The third-order valence-electron chi connectivity index (χ3n) is 3.10. The van der Waals surface area contributed by atoms with Crippen LogP contribution in [0.25, 0.3) is 0 Å². The molecule has 0 atom stereocenters. The van der Waals surface area contributed by atoms with Crippen molar-refractivity contribution in [3.63, 3.8) is 0 Å². The fourth-order valence-corrected chi connectivity index (χ4v) is 3.27. The molecule has 0 aliphatic rings. The minimum absolute atomic E-state index is 0.00811. The average molecular weight is 412 g/mol. The van der Waals surface area contributed by atoms with Gasteiger partial charge in [-0.05, 0) is 38.1 Å². The first-order valence-electron chi connectivity index (χ1n) is 7.56. The third kappa shape index (κ3) is 6.16. The largest absolute Gasteiger partial charge is 0.355 e. The smallest absolute Gasteiger partial charge is 0.223 e. The van der Waals surface area contributed by atoms with E-state index in [0.29, 0.717) is 24.2 Å². The zero-order valence-corrected chi connectivity index (χ0v) is 16.7. The average Bonchev–Trinajstić information content (AvgIpc) is 2.95. The summed E-state index contributed by atoms with van der Waals surface area (Å²) in [6.45, 7) is 7.40. The number of aryl methyl sites for hydroxylation is 1. The summed E-state index contributed by atoms with van der Waals surface area (Å²) in [5.74, 6) is 1.88. The first kappa shape index (κ1) is 18.8. The summed E-state index contributed by atoms with van der Waals surface area (Å²) in [6, 6.07) is 8.34. The van der Waals surface area contributed by atoms with Crippen molar-refractivity contribution in [1.82, 2.24) is 20.8 Å². The van der Waals surface area contributed by atoms with E-state index in [-0.39, 0.29) is 4.75 Å². The van der Waals surface area contributed by atoms with Crippen LogP contribution in [0.2, 0.25) is 0 Å².